The number of nitrogen functional groups attached to an aromatic ring is 1. The summed E-state index contributed by atoms with van der Waals surface area (Å²) in [4.78, 5) is 0. The summed E-state index contributed by atoms with van der Waals surface area (Å²) in [6.45, 7) is 4.74. The van der Waals surface area contributed by atoms with Crippen LogP contribution in [0.1, 0.15) is 25.3 Å². The summed E-state index contributed by atoms with van der Waals surface area (Å²) in [7, 11) is 0. The Hall–Kier alpha value is -1.25. The van der Waals surface area contributed by atoms with E-state index in [0.717, 1.165) is 25.1 Å². The second kappa shape index (κ2) is 4.84. The molecule has 0 aliphatic heterocycles. The number of hydrogen-bond acceptors (Lipinski definition) is 2. The van der Waals surface area contributed by atoms with Crippen molar-refractivity contribution in [2.24, 2.45) is 0 Å². The Morgan fingerprint density at radius 3 is 2.79 bits per heavy atom. The lowest BCUT2D eigenvalue weighted by molar-refractivity contribution is 0.619. The van der Waals surface area contributed by atoms with Gasteiger partial charge in [-0.1, -0.05) is 13.3 Å². The van der Waals surface area contributed by atoms with Crippen LogP contribution in [0.2, 0.25) is 0 Å². The predicted octanol–water partition coefficient (Wildman–Crippen LogP) is 2.93. The molecule has 2 nitrogen and oxygen atoms in total. The predicted molar refractivity (Wildman–Crippen MR) is 58.9 cm³/mol. The molecule has 0 radical (unpaired) electrons. The first-order chi connectivity index (χ1) is 6.65. The van der Waals surface area contributed by atoms with Crippen LogP contribution < -0.4 is 11.1 Å². The fourth-order valence-corrected chi connectivity index (χ4v) is 1.25. The summed E-state index contributed by atoms with van der Waals surface area (Å²) in [6, 6.07) is 3.12. The highest BCUT2D eigenvalue weighted by atomic mass is 19.1. The van der Waals surface area contributed by atoms with E-state index in [9.17, 15) is 4.39 Å². The highest BCUT2D eigenvalue weighted by Crippen LogP contribution is 2.22. The van der Waals surface area contributed by atoms with Crippen LogP contribution in [0.5, 0.6) is 0 Å². The molecule has 0 saturated heterocycles. The van der Waals surface area contributed by atoms with Crippen molar-refractivity contribution in [1.29, 1.82) is 0 Å². The quantitative estimate of drug-likeness (QED) is 0.574. The second-order valence-electron chi connectivity index (χ2n) is 3.47. The van der Waals surface area contributed by atoms with Gasteiger partial charge < -0.3 is 11.1 Å². The second-order valence-corrected chi connectivity index (χ2v) is 3.47. The molecule has 0 saturated carbocycles. The number of rotatable bonds is 4. The van der Waals surface area contributed by atoms with Crippen molar-refractivity contribution in [2.45, 2.75) is 26.7 Å². The minimum Gasteiger partial charge on any atom is -0.397 e. The van der Waals surface area contributed by atoms with E-state index in [-0.39, 0.29) is 5.82 Å². The van der Waals surface area contributed by atoms with Gasteiger partial charge in [0.15, 0.2) is 0 Å². The molecule has 0 amide bonds. The van der Waals surface area contributed by atoms with Crippen molar-refractivity contribution in [3.05, 3.63) is 23.5 Å². The first-order valence-corrected chi connectivity index (χ1v) is 4.94. The molecule has 0 unspecified atom stereocenters. The molecule has 14 heavy (non-hydrogen) atoms. The van der Waals surface area contributed by atoms with Gasteiger partial charge in [-0.3, -0.25) is 0 Å². The largest absolute Gasteiger partial charge is 0.397 e. The zero-order chi connectivity index (χ0) is 10.6. The van der Waals surface area contributed by atoms with Gasteiger partial charge in [-0.2, -0.15) is 0 Å². The van der Waals surface area contributed by atoms with Gasteiger partial charge in [-0.05, 0) is 31.0 Å². The highest BCUT2D eigenvalue weighted by Gasteiger charge is 2.03. The van der Waals surface area contributed by atoms with Crippen LogP contribution in [0.15, 0.2) is 12.1 Å². The Kier molecular flexibility index (Phi) is 3.74. The molecule has 0 aromatic heterocycles. The zero-order valence-corrected chi connectivity index (χ0v) is 8.73. The Balaban J connectivity index is 2.72. The van der Waals surface area contributed by atoms with Crippen molar-refractivity contribution in [2.75, 3.05) is 17.6 Å². The molecule has 3 heteroatoms. The van der Waals surface area contributed by atoms with E-state index in [1.165, 1.54) is 6.07 Å². The minimum absolute atomic E-state index is 0.247. The molecule has 0 aliphatic rings. The van der Waals surface area contributed by atoms with E-state index in [4.69, 9.17) is 5.73 Å². The summed E-state index contributed by atoms with van der Waals surface area (Å²) in [6.07, 6.45) is 2.23. The van der Waals surface area contributed by atoms with Crippen LogP contribution in [0.25, 0.3) is 0 Å². The molecule has 1 aromatic rings. The van der Waals surface area contributed by atoms with Crippen LogP contribution in [0.4, 0.5) is 15.8 Å². The van der Waals surface area contributed by atoms with Crippen molar-refractivity contribution in [3.8, 4) is 0 Å². The number of halogens is 1. The van der Waals surface area contributed by atoms with Crippen molar-refractivity contribution in [1.82, 2.24) is 0 Å². The molecule has 0 spiro atoms. The van der Waals surface area contributed by atoms with Crippen LogP contribution in [-0.2, 0) is 0 Å². The van der Waals surface area contributed by atoms with E-state index in [0.29, 0.717) is 11.3 Å². The van der Waals surface area contributed by atoms with Crippen molar-refractivity contribution < 1.29 is 4.39 Å². The number of benzene rings is 1. The molecule has 0 aliphatic carbocycles. The summed E-state index contributed by atoms with van der Waals surface area (Å²) in [5.74, 6) is -0.247. The van der Waals surface area contributed by atoms with Gasteiger partial charge in [0.25, 0.3) is 0 Å². The van der Waals surface area contributed by atoms with E-state index in [1.54, 1.807) is 13.0 Å². The fraction of sp³-hybridized carbons (Fsp3) is 0.455. The van der Waals surface area contributed by atoms with Crippen molar-refractivity contribution >= 4 is 11.4 Å². The number of hydrogen-bond donors (Lipinski definition) is 2. The molecule has 0 atom stereocenters. The number of anilines is 2. The van der Waals surface area contributed by atoms with E-state index in [2.05, 4.69) is 12.2 Å². The van der Waals surface area contributed by atoms with Crippen molar-refractivity contribution in [3.63, 3.8) is 0 Å². The van der Waals surface area contributed by atoms with Gasteiger partial charge in [0, 0.05) is 6.54 Å². The molecular weight excluding hydrogens is 179 g/mol. The minimum atomic E-state index is -0.247. The molecule has 0 heterocycles. The normalized spacial score (nSPS) is 10.2. The lowest BCUT2D eigenvalue weighted by atomic mass is 10.2. The molecule has 1 rings (SSSR count). The Morgan fingerprint density at radius 1 is 1.43 bits per heavy atom. The molecule has 0 fully saturated rings. The summed E-state index contributed by atoms with van der Waals surface area (Å²) in [5, 5.41) is 3.19. The molecule has 78 valence electrons. The summed E-state index contributed by atoms with van der Waals surface area (Å²) in [5.41, 5.74) is 7.60. The third kappa shape index (κ3) is 2.62. The monoisotopic (exact) mass is 196 g/mol. The van der Waals surface area contributed by atoms with Gasteiger partial charge in [-0.25, -0.2) is 4.39 Å². The van der Waals surface area contributed by atoms with E-state index in [1.807, 2.05) is 0 Å². The van der Waals surface area contributed by atoms with E-state index < -0.39 is 0 Å². The Labute approximate surface area is 84.3 Å². The van der Waals surface area contributed by atoms with E-state index >= 15 is 0 Å². The Morgan fingerprint density at radius 2 is 2.14 bits per heavy atom. The first kappa shape index (κ1) is 10.8. The molecular formula is C11H17FN2. The Bertz CT molecular complexity index is 310. The topological polar surface area (TPSA) is 38.0 Å². The average Bonchev–Trinajstić information content (AvgIpc) is 2.14. The van der Waals surface area contributed by atoms with Gasteiger partial charge in [0.05, 0.1) is 11.4 Å². The van der Waals surface area contributed by atoms with Crippen LogP contribution >= 0.6 is 0 Å². The third-order valence-electron chi connectivity index (χ3n) is 2.18. The third-order valence-corrected chi connectivity index (χ3v) is 2.18. The van der Waals surface area contributed by atoms with Crippen LogP contribution in [-0.4, -0.2) is 6.54 Å². The number of unbranched alkanes of at least 4 members (excludes halogenated alkanes) is 1. The van der Waals surface area contributed by atoms with Gasteiger partial charge >= 0.3 is 0 Å². The maximum Gasteiger partial charge on any atom is 0.128 e. The number of aryl methyl sites for hydroxylation is 1. The number of nitrogens with one attached hydrogen (secondary N) is 1. The zero-order valence-electron chi connectivity index (χ0n) is 8.73. The van der Waals surface area contributed by atoms with Gasteiger partial charge in [-0.15, -0.1) is 0 Å². The lowest BCUT2D eigenvalue weighted by Crippen LogP contribution is -2.04. The van der Waals surface area contributed by atoms with Crippen LogP contribution in [0, 0.1) is 12.7 Å². The molecule has 0 bridgehead atoms. The smallest absolute Gasteiger partial charge is 0.128 e. The SMILES string of the molecule is CCCCNc1cc(C)c(F)cc1N. The summed E-state index contributed by atoms with van der Waals surface area (Å²) < 4.78 is 13.0. The first-order valence-electron chi connectivity index (χ1n) is 4.94. The maximum atomic E-state index is 13.0. The van der Waals surface area contributed by atoms with Gasteiger partial charge in [0.1, 0.15) is 5.82 Å². The maximum absolute atomic E-state index is 13.0. The summed E-state index contributed by atoms with van der Waals surface area (Å²) >= 11 is 0. The highest BCUT2D eigenvalue weighted by molar-refractivity contribution is 5.67. The van der Waals surface area contributed by atoms with Crippen LogP contribution in [0.3, 0.4) is 0 Å². The standard InChI is InChI=1S/C11H17FN2/c1-3-4-5-14-11-6-8(2)9(12)7-10(11)13/h6-7,14H,3-5,13H2,1-2H3. The average molecular weight is 196 g/mol. The van der Waals surface area contributed by atoms with Gasteiger partial charge in [0.2, 0.25) is 0 Å². The molecule has 1 aromatic carbocycles. The lowest BCUT2D eigenvalue weighted by Gasteiger charge is -2.10. The number of nitrogens with two attached hydrogens (primary N) is 1. The molecule has 3 N–H and O–H groups in total. The fourth-order valence-electron chi connectivity index (χ4n) is 1.25.